The molecule has 1 atom stereocenters. The van der Waals surface area contributed by atoms with Crippen LogP contribution in [0, 0.1) is 0 Å². The fourth-order valence-electron chi connectivity index (χ4n) is 1.52. The SMILES string of the molecule is CCCC/C=C/CC(=O)OC(C)/C=C/CCCC. The normalized spacial score (nSPS) is 13.3. The second kappa shape index (κ2) is 12.4. The van der Waals surface area contributed by atoms with Crippen molar-refractivity contribution in [1.29, 1.82) is 0 Å². The molecule has 0 heterocycles. The van der Waals surface area contributed by atoms with Crippen LogP contribution in [0.15, 0.2) is 24.3 Å². The summed E-state index contributed by atoms with van der Waals surface area (Å²) >= 11 is 0. The molecular formula is C16H28O2. The molecule has 104 valence electrons. The minimum absolute atomic E-state index is 0.113. The molecule has 0 aromatic rings. The van der Waals surface area contributed by atoms with Gasteiger partial charge in [-0.25, -0.2) is 0 Å². The van der Waals surface area contributed by atoms with Gasteiger partial charge in [-0.2, -0.15) is 0 Å². The molecule has 0 bridgehead atoms. The summed E-state index contributed by atoms with van der Waals surface area (Å²) in [7, 11) is 0. The number of unbranched alkanes of at least 4 members (excludes halogenated alkanes) is 4. The van der Waals surface area contributed by atoms with Crippen LogP contribution in [0.1, 0.15) is 65.7 Å². The highest BCUT2D eigenvalue weighted by Gasteiger charge is 2.03. The van der Waals surface area contributed by atoms with Crippen molar-refractivity contribution in [2.75, 3.05) is 0 Å². The molecule has 0 N–H and O–H groups in total. The molecule has 0 aromatic carbocycles. The first-order valence-electron chi connectivity index (χ1n) is 7.21. The molecule has 0 spiro atoms. The van der Waals surface area contributed by atoms with E-state index in [9.17, 15) is 4.79 Å². The Morgan fingerprint density at radius 1 is 1.06 bits per heavy atom. The van der Waals surface area contributed by atoms with Gasteiger partial charge >= 0.3 is 5.97 Å². The van der Waals surface area contributed by atoms with Gasteiger partial charge in [0.05, 0.1) is 6.42 Å². The fraction of sp³-hybridized carbons (Fsp3) is 0.688. The van der Waals surface area contributed by atoms with E-state index in [2.05, 4.69) is 26.0 Å². The summed E-state index contributed by atoms with van der Waals surface area (Å²) < 4.78 is 5.26. The Balaban J connectivity index is 3.66. The van der Waals surface area contributed by atoms with Gasteiger partial charge in [-0.1, -0.05) is 57.8 Å². The second-order valence-electron chi connectivity index (χ2n) is 4.58. The molecule has 0 saturated heterocycles. The maximum absolute atomic E-state index is 11.5. The third kappa shape index (κ3) is 11.4. The summed E-state index contributed by atoms with van der Waals surface area (Å²) in [6.45, 7) is 6.23. The van der Waals surface area contributed by atoms with Gasteiger partial charge in [0, 0.05) is 0 Å². The number of hydrogen-bond acceptors (Lipinski definition) is 2. The third-order valence-corrected chi connectivity index (χ3v) is 2.62. The van der Waals surface area contributed by atoms with Crippen LogP contribution >= 0.6 is 0 Å². The highest BCUT2D eigenvalue weighted by Crippen LogP contribution is 2.02. The third-order valence-electron chi connectivity index (χ3n) is 2.62. The van der Waals surface area contributed by atoms with E-state index in [0.29, 0.717) is 6.42 Å². The largest absolute Gasteiger partial charge is 0.458 e. The highest BCUT2D eigenvalue weighted by molar-refractivity contribution is 5.71. The van der Waals surface area contributed by atoms with Gasteiger partial charge in [-0.05, 0) is 25.8 Å². The molecule has 0 aliphatic carbocycles. The van der Waals surface area contributed by atoms with Crippen LogP contribution in [-0.2, 0) is 9.53 Å². The summed E-state index contributed by atoms with van der Waals surface area (Å²) in [5.41, 5.74) is 0. The summed E-state index contributed by atoms with van der Waals surface area (Å²) in [4.78, 5) is 11.5. The lowest BCUT2D eigenvalue weighted by Crippen LogP contribution is -2.11. The van der Waals surface area contributed by atoms with E-state index in [1.165, 1.54) is 25.7 Å². The average molecular weight is 252 g/mol. The van der Waals surface area contributed by atoms with Crippen molar-refractivity contribution in [2.45, 2.75) is 71.8 Å². The maximum Gasteiger partial charge on any atom is 0.310 e. The van der Waals surface area contributed by atoms with Crippen molar-refractivity contribution in [3.8, 4) is 0 Å². The minimum Gasteiger partial charge on any atom is -0.458 e. The predicted octanol–water partition coefficient (Wildman–Crippen LogP) is 4.80. The Kier molecular flexibility index (Phi) is 11.7. The first-order chi connectivity index (χ1) is 8.70. The summed E-state index contributed by atoms with van der Waals surface area (Å²) in [6.07, 6.45) is 15.2. The molecule has 0 aliphatic rings. The Morgan fingerprint density at radius 2 is 1.67 bits per heavy atom. The van der Waals surface area contributed by atoms with E-state index in [1.807, 2.05) is 19.1 Å². The molecule has 0 radical (unpaired) electrons. The van der Waals surface area contributed by atoms with E-state index in [0.717, 1.165) is 12.8 Å². The minimum atomic E-state index is -0.143. The topological polar surface area (TPSA) is 26.3 Å². The smallest absolute Gasteiger partial charge is 0.310 e. The van der Waals surface area contributed by atoms with Crippen molar-refractivity contribution in [2.24, 2.45) is 0 Å². The van der Waals surface area contributed by atoms with E-state index in [-0.39, 0.29) is 12.1 Å². The zero-order valence-electron chi connectivity index (χ0n) is 12.2. The number of carbonyl (C=O) groups is 1. The summed E-state index contributed by atoms with van der Waals surface area (Å²) in [5.74, 6) is -0.143. The van der Waals surface area contributed by atoms with Gasteiger partial charge < -0.3 is 4.74 Å². The molecule has 0 rings (SSSR count). The van der Waals surface area contributed by atoms with E-state index >= 15 is 0 Å². The molecule has 0 amide bonds. The van der Waals surface area contributed by atoms with Crippen LogP contribution in [0.4, 0.5) is 0 Å². The van der Waals surface area contributed by atoms with Gasteiger partial charge in [-0.3, -0.25) is 4.79 Å². The highest BCUT2D eigenvalue weighted by atomic mass is 16.5. The maximum atomic E-state index is 11.5. The summed E-state index contributed by atoms with van der Waals surface area (Å²) in [5, 5.41) is 0. The van der Waals surface area contributed by atoms with Crippen molar-refractivity contribution in [3.63, 3.8) is 0 Å². The molecule has 0 aromatic heterocycles. The number of esters is 1. The lowest BCUT2D eigenvalue weighted by atomic mass is 10.2. The van der Waals surface area contributed by atoms with Crippen molar-refractivity contribution >= 4 is 5.97 Å². The Morgan fingerprint density at radius 3 is 2.28 bits per heavy atom. The van der Waals surface area contributed by atoms with Gasteiger partial charge in [0.2, 0.25) is 0 Å². The first kappa shape index (κ1) is 16.9. The van der Waals surface area contributed by atoms with E-state index in [4.69, 9.17) is 4.74 Å². The zero-order chi connectivity index (χ0) is 13.6. The van der Waals surface area contributed by atoms with Crippen LogP contribution in [0.5, 0.6) is 0 Å². The summed E-state index contributed by atoms with van der Waals surface area (Å²) in [6, 6.07) is 0. The lowest BCUT2D eigenvalue weighted by molar-refractivity contribution is -0.145. The number of allylic oxidation sites excluding steroid dienone is 2. The fourth-order valence-corrected chi connectivity index (χ4v) is 1.52. The molecule has 0 saturated carbocycles. The molecule has 0 aliphatic heterocycles. The van der Waals surface area contributed by atoms with Crippen molar-refractivity contribution < 1.29 is 9.53 Å². The molecule has 1 unspecified atom stereocenters. The van der Waals surface area contributed by atoms with E-state index in [1.54, 1.807) is 0 Å². The number of hydrogen-bond donors (Lipinski definition) is 0. The Bertz CT molecular complexity index is 254. The van der Waals surface area contributed by atoms with Crippen LogP contribution < -0.4 is 0 Å². The number of rotatable bonds is 10. The zero-order valence-corrected chi connectivity index (χ0v) is 12.2. The molecule has 0 fully saturated rings. The van der Waals surface area contributed by atoms with Crippen molar-refractivity contribution in [1.82, 2.24) is 0 Å². The Hall–Kier alpha value is -1.05. The lowest BCUT2D eigenvalue weighted by Gasteiger charge is -2.07. The van der Waals surface area contributed by atoms with Crippen LogP contribution in [0.2, 0.25) is 0 Å². The van der Waals surface area contributed by atoms with Gasteiger partial charge in [0.25, 0.3) is 0 Å². The van der Waals surface area contributed by atoms with Gasteiger partial charge in [-0.15, -0.1) is 0 Å². The predicted molar refractivity (Wildman–Crippen MR) is 77.5 cm³/mol. The van der Waals surface area contributed by atoms with Crippen LogP contribution in [-0.4, -0.2) is 12.1 Å². The number of carbonyl (C=O) groups excluding carboxylic acids is 1. The Labute approximate surface area is 112 Å². The van der Waals surface area contributed by atoms with Gasteiger partial charge in [0.1, 0.15) is 6.10 Å². The molecule has 2 heteroatoms. The second-order valence-corrected chi connectivity index (χ2v) is 4.58. The van der Waals surface area contributed by atoms with E-state index < -0.39 is 0 Å². The molecular weight excluding hydrogens is 224 g/mol. The van der Waals surface area contributed by atoms with Crippen molar-refractivity contribution in [3.05, 3.63) is 24.3 Å². The molecule has 2 nitrogen and oxygen atoms in total. The standard InChI is InChI=1S/C16H28O2/c1-4-6-8-10-12-14-16(17)18-15(3)13-11-9-7-5-2/h10-13,15H,4-9,14H2,1-3H3/b12-10+,13-11+. The average Bonchev–Trinajstić information content (AvgIpc) is 2.34. The molecule has 18 heavy (non-hydrogen) atoms. The van der Waals surface area contributed by atoms with Crippen LogP contribution in [0.25, 0.3) is 0 Å². The first-order valence-corrected chi connectivity index (χ1v) is 7.21. The van der Waals surface area contributed by atoms with Gasteiger partial charge in [0.15, 0.2) is 0 Å². The quantitative estimate of drug-likeness (QED) is 0.317. The van der Waals surface area contributed by atoms with Crippen LogP contribution in [0.3, 0.4) is 0 Å². The monoisotopic (exact) mass is 252 g/mol. The number of ether oxygens (including phenoxy) is 1.